The lowest BCUT2D eigenvalue weighted by molar-refractivity contribution is -0.144. The van der Waals surface area contributed by atoms with E-state index in [9.17, 15) is 4.79 Å². The molecule has 100 valence electrons. The number of carbonyl (C=O) groups excluding carboxylic acids is 1. The minimum absolute atomic E-state index is 0.0957. The Morgan fingerprint density at radius 3 is 2.53 bits per heavy atom. The van der Waals surface area contributed by atoms with E-state index < -0.39 is 6.10 Å². The van der Waals surface area contributed by atoms with Crippen molar-refractivity contribution in [1.29, 1.82) is 0 Å². The second-order valence-electron chi connectivity index (χ2n) is 4.96. The SMILES string of the molecule is COC1CCCC(OC(C(=O)NN)C(C)C)C1. The van der Waals surface area contributed by atoms with E-state index in [2.05, 4.69) is 5.43 Å². The number of methoxy groups -OCH3 is 1. The third kappa shape index (κ3) is 4.26. The number of hydrogen-bond acceptors (Lipinski definition) is 4. The summed E-state index contributed by atoms with van der Waals surface area (Å²) >= 11 is 0. The van der Waals surface area contributed by atoms with Crippen LogP contribution in [0.2, 0.25) is 0 Å². The number of nitrogens with one attached hydrogen (secondary N) is 1. The van der Waals surface area contributed by atoms with Gasteiger partial charge in [0.15, 0.2) is 0 Å². The van der Waals surface area contributed by atoms with Crippen molar-refractivity contribution >= 4 is 5.91 Å². The van der Waals surface area contributed by atoms with E-state index in [1.165, 1.54) is 0 Å². The van der Waals surface area contributed by atoms with E-state index in [1.54, 1.807) is 7.11 Å². The van der Waals surface area contributed by atoms with Gasteiger partial charge >= 0.3 is 0 Å². The van der Waals surface area contributed by atoms with Gasteiger partial charge in [0.25, 0.3) is 5.91 Å². The van der Waals surface area contributed by atoms with Gasteiger partial charge < -0.3 is 9.47 Å². The average molecular weight is 244 g/mol. The van der Waals surface area contributed by atoms with Crippen LogP contribution in [0.15, 0.2) is 0 Å². The molecular formula is C12H24N2O3. The molecule has 0 aliphatic heterocycles. The van der Waals surface area contributed by atoms with Crippen molar-refractivity contribution in [2.45, 2.75) is 57.8 Å². The first-order chi connectivity index (χ1) is 8.08. The number of hydrogen-bond donors (Lipinski definition) is 2. The zero-order valence-electron chi connectivity index (χ0n) is 10.9. The summed E-state index contributed by atoms with van der Waals surface area (Å²) < 4.78 is 11.2. The second-order valence-corrected chi connectivity index (χ2v) is 4.96. The number of carbonyl (C=O) groups is 1. The molecule has 1 saturated carbocycles. The Morgan fingerprint density at radius 1 is 1.35 bits per heavy atom. The fourth-order valence-electron chi connectivity index (χ4n) is 2.25. The molecule has 0 aromatic carbocycles. The topological polar surface area (TPSA) is 73.6 Å². The monoisotopic (exact) mass is 244 g/mol. The molecule has 1 rings (SSSR count). The Morgan fingerprint density at radius 2 is 2.00 bits per heavy atom. The molecule has 3 atom stereocenters. The summed E-state index contributed by atoms with van der Waals surface area (Å²) in [7, 11) is 1.72. The van der Waals surface area contributed by atoms with Crippen LogP contribution in [0.3, 0.4) is 0 Å². The predicted molar refractivity (Wildman–Crippen MR) is 65.1 cm³/mol. The summed E-state index contributed by atoms with van der Waals surface area (Å²) in [6, 6.07) is 0. The van der Waals surface area contributed by atoms with Crippen LogP contribution in [0, 0.1) is 5.92 Å². The predicted octanol–water partition coefficient (Wildman–Crippen LogP) is 0.975. The van der Waals surface area contributed by atoms with Gasteiger partial charge in [-0.25, -0.2) is 5.84 Å². The van der Waals surface area contributed by atoms with Gasteiger partial charge in [-0.1, -0.05) is 13.8 Å². The molecule has 0 saturated heterocycles. The molecule has 3 N–H and O–H groups in total. The fourth-order valence-corrected chi connectivity index (χ4v) is 2.25. The highest BCUT2D eigenvalue weighted by atomic mass is 16.5. The van der Waals surface area contributed by atoms with Crippen molar-refractivity contribution < 1.29 is 14.3 Å². The fraction of sp³-hybridized carbons (Fsp3) is 0.917. The molecule has 3 unspecified atom stereocenters. The molecule has 0 heterocycles. The number of nitrogens with two attached hydrogens (primary N) is 1. The Labute approximate surface area is 103 Å². The largest absolute Gasteiger partial charge is 0.381 e. The Kier molecular flexibility index (Phi) is 5.88. The maximum Gasteiger partial charge on any atom is 0.263 e. The van der Waals surface area contributed by atoms with Crippen molar-refractivity contribution in [2.75, 3.05) is 7.11 Å². The zero-order valence-corrected chi connectivity index (χ0v) is 10.9. The molecule has 0 aromatic heterocycles. The highest BCUT2D eigenvalue weighted by Gasteiger charge is 2.29. The van der Waals surface area contributed by atoms with Crippen LogP contribution in [0.1, 0.15) is 39.5 Å². The van der Waals surface area contributed by atoms with Crippen molar-refractivity contribution in [3.63, 3.8) is 0 Å². The molecular weight excluding hydrogens is 220 g/mol. The Bertz CT molecular complexity index is 246. The van der Waals surface area contributed by atoms with Crippen LogP contribution in [-0.2, 0) is 14.3 Å². The maximum absolute atomic E-state index is 11.6. The summed E-state index contributed by atoms with van der Waals surface area (Å²) in [5, 5.41) is 0. The van der Waals surface area contributed by atoms with Crippen LogP contribution in [0.25, 0.3) is 0 Å². The zero-order chi connectivity index (χ0) is 12.8. The summed E-state index contributed by atoms with van der Waals surface area (Å²) in [6.45, 7) is 3.91. The van der Waals surface area contributed by atoms with Crippen LogP contribution in [-0.4, -0.2) is 31.3 Å². The van der Waals surface area contributed by atoms with Crippen LogP contribution in [0.5, 0.6) is 0 Å². The average Bonchev–Trinajstić information content (AvgIpc) is 2.35. The molecule has 0 bridgehead atoms. The van der Waals surface area contributed by atoms with Crippen molar-refractivity contribution in [1.82, 2.24) is 5.43 Å². The molecule has 1 fully saturated rings. The summed E-state index contributed by atoms with van der Waals surface area (Å²) in [6.07, 6.45) is 3.88. The number of hydrazine groups is 1. The van der Waals surface area contributed by atoms with Gasteiger partial charge in [0.2, 0.25) is 0 Å². The summed E-state index contributed by atoms with van der Waals surface area (Å²) in [4.78, 5) is 11.6. The molecule has 17 heavy (non-hydrogen) atoms. The minimum atomic E-state index is -0.472. The molecule has 1 aliphatic carbocycles. The molecule has 5 heteroatoms. The number of amides is 1. The van der Waals surface area contributed by atoms with Crippen molar-refractivity contribution in [3.8, 4) is 0 Å². The lowest BCUT2D eigenvalue weighted by Crippen LogP contribution is -2.45. The van der Waals surface area contributed by atoms with E-state index >= 15 is 0 Å². The van der Waals surface area contributed by atoms with E-state index in [0.717, 1.165) is 25.7 Å². The third-order valence-electron chi connectivity index (χ3n) is 3.26. The Balaban J connectivity index is 2.51. The maximum atomic E-state index is 11.6. The normalized spacial score (nSPS) is 26.9. The molecule has 0 spiro atoms. The van der Waals surface area contributed by atoms with Gasteiger partial charge in [-0.2, -0.15) is 0 Å². The quantitative estimate of drug-likeness (QED) is 0.429. The minimum Gasteiger partial charge on any atom is -0.381 e. The van der Waals surface area contributed by atoms with E-state index in [-0.39, 0.29) is 24.0 Å². The van der Waals surface area contributed by atoms with Gasteiger partial charge in [0.05, 0.1) is 12.2 Å². The molecule has 1 amide bonds. The molecule has 1 aliphatic rings. The van der Waals surface area contributed by atoms with Crippen LogP contribution in [0.4, 0.5) is 0 Å². The van der Waals surface area contributed by atoms with Crippen molar-refractivity contribution in [2.24, 2.45) is 11.8 Å². The van der Waals surface area contributed by atoms with Crippen LogP contribution >= 0.6 is 0 Å². The lowest BCUT2D eigenvalue weighted by atomic mass is 9.94. The van der Waals surface area contributed by atoms with Gasteiger partial charge in [0, 0.05) is 7.11 Å². The lowest BCUT2D eigenvalue weighted by Gasteiger charge is -2.32. The van der Waals surface area contributed by atoms with Gasteiger partial charge in [-0.3, -0.25) is 10.2 Å². The van der Waals surface area contributed by atoms with Gasteiger partial charge in [-0.15, -0.1) is 0 Å². The number of rotatable bonds is 5. The second kappa shape index (κ2) is 6.93. The first-order valence-electron chi connectivity index (χ1n) is 6.27. The van der Waals surface area contributed by atoms with Crippen LogP contribution < -0.4 is 11.3 Å². The first-order valence-corrected chi connectivity index (χ1v) is 6.27. The number of ether oxygens (including phenoxy) is 2. The summed E-state index contributed by atoms with van der Waals surface area (Å²) in [5.74, 6) is 5.03. The van der Waals surface area contributed by atoms with Gasteiger partial charge in [0.1, 0.15) is 6.10 Å². The molecule has 0 radical (unpaired) electrons. The smallest absolute Gasteiger partial charge is 0.263 e. The third-order valence-corrected chi connectivity index (χ3v) is 3.26. The highest BCUT2D eigenvalue weighted by Crippen LogP contribution is 2.25. The van der Waals surface area contributed by atoms with E-state index in [4.69, 9.17) is 15.3 Å². The highest BCUT2D eigenvalue weighted by molar-refractivity contribution is 5.80. The van der Waals surface area contributed by atoms with Crippen molar-refractivity contribution in [3.05, 3.63) is 0 Å². The van der Waals surface area contributed by atoms with Gasteiger partial charge in [-0.05, 0) is 31.6 Å². The Hall–Kier alpha value is -0.650. The standard InChI is InChI=1S/C12H24N2O3/c1-8(2)11(12(15)14-13)17-10-6-4-5-9(7-10)16-3/h8-11H,4-7,13H2,1-3H3,(H,14,15). The first kappa shape index (κ1) is 14.4. The summed E-state index contributed by atoms with van der Waals surface area (Å²) in [5.41, 5.74) is 2.17. The van der Waals surface area contributed by atoms with E-state index in [0.29, 0.717) is 0 Å². The van der Waals surface area contributed by atoms with E-state index in [1.807, 2.05) is 13.8 Å². The molecule has 5 nitrogen and oxygen atoms in total. The molecule has 0 aromatic rings.